The lowest BCUT2D eigenvalue weighted by atomic mass is 10.0. The van der Waals surface area contributed by atoms with E-state index < -0.39 is 10.9 Å². The summed E-state index contributed by atoms with van der Waals surface area (Å²) in [5.41, 5.74) is 1.82. The van der Waals surface area contributed by atoms with Gasteiger partial charge in [0.25, 0.3) is 5.91 Å². The number of nitrogens with zero attached hydrogens (tertiary/aromatic N) is 1. The zero-order valence-electron chi connectivity index (χ0n) is 15.7. The SMILES string of the molecule is COc1ccc2c(c1)[C@@]1(SC(C)(C)CN1C(=O)Nc1ccc(F)cc1)C(=O)N2. The minimum atomic E-state index is -1.20. The first-order valence-electron chi connectivity index (χ1n) is 8.79. The molecule has 2 aliphatic heterocycles. The third kappa shape index (κ3) is 2.88. The van der Waals surface area contributed by atoms with Crippen molar-refractivity contribution in [3.05, 3.63) is 53.8 Å². The molecule has 2 N–H and O–H groups in total. The van der Waals surface area contributed by atoms with Crippen LogP contribution in [0.15, 0.2) is 42.5 Å². The molecule has 1 atom stereocenters. The highest BCUT2D eigenvalue weighted by molar-refractivity contribution is 8.02. The van der Waals surface area contributed by atoms with Gasteiger partial charge in [-0.2, -0.15) is 0 Å². The Morgan fingerprint density at radius 1 is 1.25 bits per heavy atom. The molecule has 1 spiro atoms. The Morgan fingerprint density at radius 2 is 1.96 bits per heavy atom. The molecule has 0 saturated carbocycles. The first-order valence-corrected chi connectivity index (χ1v) is 9.61. The summed E-state index contributed by atoms with van der Waals surface area (Å²) in [5, 5.41) is 5.66. The van der Waals surface area contributed by atoms with Crippen molar-refractivity contribution >= 4 is 35.1 Å². The molecule has 3 amide bonds. The number of methoxy groups -OCH3 is 1. The van der Waals surface area contributed by atoms with Crippen molar-refractivity contribution in [2.45, 2.75) is 23.5 Å². The smallest absolute Gasteiger partial charge is 0.323 e. The largest absolute Gasteiger partial charge is 0.497 e. The van der Waals surface area contributed by atoms with E-state index in [-0.39, 0.29) is 16.5 Å². The predicted molar refractivity (Wildman–Crippen MR) is 107 cm³/mol. The standard InChI is InChI=1S/C20H20FN3O3S/c1-19(2)11-24(18(26)22-13-6-4-12(21)5-7-13)20(28-19)15-10-14(27-3)8-9-16(15)23-17(20)25/h4-10H,11H2,1-3H3,(H,22,26)(H,23,25)/t20-/m1/s1. The van der Waals surface area contributed by atoms with Gasteiger partial charge in [-0.05, 0) is 56.3 Å². The number of nitrogens with one attached hydrogen (secondary N) is 2. The van der Waals surface area contributed by atoms with Gasteiger partial charge in [-0.25, -0.2) is 9.18 Å². The zero-order chi connectivity index (χ0) is 20.1. The van der Waals surface area contributed by atoms with Crippen LogP contribution < -0.4 is 15.4 Å². The van der Waals surface area contributed by atoms with Gasteiger partial charge < -0.3 is 15.4 Å². The minimum Gasteiger partial charge on any atom is -0.497 e. The molecule has 0 aliphatic carbocycles. The molecule has 2 aromatic rings. The van der Waals surface area contributed by atoms with Gasteiger partial charge >= 0.3 is 6.03 Å². The van der Waals surface area contributed by atoms with Gasteiger partial charge in [0.1, 0.15) is 11.6 Å². The van der Waals surface area contributed by atoms with Crippen LogP contribution in [0.5, 0.6) is 5.75 Å². The van der Waals surface area contributed by atoms with Crippen LogP contribution in [0.4, 0.5) is 20.6 Å². The zero-order valence-corrected chi connectivity index (χ0v) is 16.5. The molecular formula is C20H20FN3O3S. The van der Waals surface area contributed by atoms with Gasteiger partial charge in [0.15, 0.2) is 4.87 Å². The molecule has 2 aliphatic rings. The highest BCUT2D eigenvalue weighted by Gasteiger charge is 2.61. The summed E-state index contributed by atoms with van der Waals surface area (Å²) < 4.78 is 18.1. The number of urea groups is 1. The fraction of sp³-hybridized carbons (Fsp3) is 0.300. The van der Waals surface area contributed by atoms with E-state index in [4.69, 9.17) is 4.74 Å². The first kappa shape index (κ1) is 18.6. The number of fused-ring (bicyclic) bond motifs is 2. The van der Waals surface area contributed by atoms with Gasteiger partial charge in [-0.15, -0.1) is 11.8 Å². The molecule has 146 valence electrons. The van der Waals surface area contributed by atoms with Crippen molar-refractivity contribution < 1.29 is 18.7 Å². The van der Waals surface area contributed by atoms with E-state index in [9.17, 15) is 14.0 Å². The van der Waals surface area contributed by atoms with E-state index in [2.05, 4.69) is 10.6 Å². The number of hydrogen-bond donors (Lipinski definition) is 2. The fourth-order valence-corrected chi connectivity index (χ4v) is 5.33. The Hall–Kier alpha value is -2.74. The van der Waals surface area contributed by atoms with Crippen LogP contribution in [0.1, 0.15) is 19.4 Å². The third-order valence-electron chi connectivity index (χ3n) is 4.83. The molecule has 1 fully saturated rings. The maximum atomic E-state index is 13.2. The Labute approximate surface area is 166 Å². The molecule has 2 aromatic carbocycles. The van der Waals surface area contributed by atoms with E-state index in [0.717, 1.165) is 0 Å². The molecule has 2 heterocycles. The summed E-state index contributed by atoms with van der Waals surface area (Å²) in [6.45, 7) is 4.36. The fourth-order valence-electron chi connectivity index (χ4n) is 3.66. The number of anilines is 2. The van der Waals surface area contributed by atoms with Crippen molar-refractivity contribution in [3.63, 3.8) is 0 Å². The van der Waals surface area contributed by atoms with Crippen LogP contribution in [0, 0.1) is 5.82 Å². The number of hydrogen-bond acceptors (Lipinski definition) is 4. The molecule has 28 heavy (non-hydrogen) atoms. The Balaban J connectivity index is 1.75. The second-order valence-corrected chi connectivity index (χ2v) is 9.29. The predicted octanol–water partition coefficient (Wildman–Crippen LogP) is 4.00. The molecule has 8 heteroatoms. The van der Waals surface area contributed by atoms with Crippen LogP contribution in [-0.4, -0.2) is 35.2 Å². The minimum absolute atomic E-state index is 0.263. The molecule has 0 unspecified atom stereocenters. The van der Waals surface area contributed by atoms with Gasteiger partial charge in [0.2, 0.25) is 0 Å². The summed E-state index contributed by atoms with van der Waals surface area (Å²) in [7, 11) is 1.56. The second kappa shape index (κ2) is 6.41. The van der Waals surface area contributed by atoms with Gasteiger partial charge in [0, 0.05) is 28.2 Å². The molecule has 0 bridgehead atoms. The molecule has 0 radical (unpaired) electrons. The highest BCUT2D eigenvalue weighted by Crippen LogP contribution is 2.58. The van der Waals surface area contributed by atoms with E-state index in [1.807, 2.05) is 13.8 Å². The maximum Gasteiger partial charge on any atom is 0.323 e. The van der Waals surface area contributed by atoms with Crippen molar-refractivity contribution in [2.75, 3.05) is 24.3 Å². The monoisotopic (exact) mass is 401 g/mol. The molecular weight excluding hydrogens is 381 g/mol. The van der Waals surface area contributed by atoms with Crippen molar-refractivity contribution in [1.29, 1.82) is 0 Å². The lowest BCUT2D eigenvalue weighted by Gasteiger charge is -2.32. The van der Waals surface area contributed by atoms with Crippen LogP contribution >= 0.6 is 11.8 Å². The van der Waals surface area contributed by atoms with Crippen LogP contribution in [0.25, 0.3) is 0 Å². The Bertz CT molecular complexity index is 964. The van der Waals surface area contributed by atoms with E-state index in [1.165, 1.54) is 36.0 Å². The number of carbonyl (C=O) groups is 2. The molecule has 6 nitrogen and oxygen atoms in total. The number of amides is 3. The molecule has 0 aromatic heterocycles. The van der Waals surface area contributed by atoms with Crippen LogP contribution in [0.3, 0.4) is 0 Å². The highest BCUT2D eigenvalue weighted by atomic mass is 32.2. The normalized spacial score (nSPS) is 22.1. The number of benzene rings is 2. The Morgan fingerprint density at radius 3 is 2.64 bits per heavy atom. The maximum absolute atomic E-state index is 13.2. The topological polar surface area (TPSA) is 70.7 Å². The lowest BCUT2D eigenvalue weighted by Crippen LogP contribution is -2.49. The quantitative estimate of drug-likeness (QED) is 0.798. The number of thioether (sulfide) groups is 1. The van der Waals surface area contributed by atoms with Gasteiger partial charge in [0.05, 0.1) is 7.11 Å². The summed E-state index contributed by atoms with van der Waals surface area (Å²) >= 11 is 1.43. The molecule has 1 saturated heterocycles. The number of carbonyl (C=O) groups excluding carboxylic acids is 2. The van der Waals surface area contributed by atoms with Crippen LogP contribution in [-0.2, 0) is 9.67 Å². The van der Waals surface area contributed by atoms with Gasteiger partial charge in [-0.1, -0.05) is 0 Å². The van der Waals surface area contributed by atoms with E-state index in [1.54, 1.807) is 30.2 Å². The lowest BCUT2D eigenvalue weighted by molar-refractivity contribution is -0.121. The number of halogens is 1. The number of ether oxygens (including phenoxy) is 1. The third-order valence-corrected chi connectivity index (χ3v) is 6.43. The van der Waals surface area contributed by atoms with Crippen molar-refractivity contribution in [3.8, 4) is 5.75 Å². The van der Waals surface area contributed by atoms with Crippen LogP contribution in [0.2, 0.25) is 0 Å². The van der Waals surface area contributed by atoms with Crippen molar-refractivity contribution in [2.24, 2.45) is 0 Å². The summed E-state index contributed by atoms with van der Waals surface area (Å²) in [4.78, 5) is 26.6. The summed E-state index contributed by atoms with van der Waals surface area (Å²) in [6.07, 6.45) is 0. The Kier molecular flexibility index (Phi) is 4.26. The van der Waals surface area contributed by atoms with Gasteiger partial charge in [-0.3, -0.25) is 9.69 Å². The number of rotatable bonds is 2. The molecule has 4 rings (SSSR count). The average molecular weight is 401 g/mol. The summed E-state index contributed by atoms with van der Waals surface area (Å²) in [5.74, 6) is -0.0390. The van der Waals surface area contributed by atoms with E-state index >= 15 is 0 Å². The first-order chi connectivity index (χ1) is 13.2. The second-order valence-electron chi connectivity index (χ2n) is 7.39. The van der Waals surface area contributed by atoms with E-state index in [0.29, 0.717) is 29.2 Å². The summed E-state index contributed by atoms with van der Waals surface area (Å²) in [6, 6.07) is 10.4. The van der Waals surface area contributed by atoms with Crippen molar-refractivity contribution in [1.82, 2.24) is 4.90 Å². The average Bonchev–Trinajstić information content (AvgIpc) is 3.10.